The molecular formula is C13H27NO3S. The summed E-state index contributed by atoms with van der Waals surface area (Å²) < 4.78 is 5.13. The van der Waals surface area contributed by atoms with E-state index in [1.807, 2.05) is 34.6 Å². The van der Waals surface area contributed by atoms with Crippen molar-refractivity contribution in [1.82, 2.24) is 5.32 Å². The van der Waals surface area contributed by atoms with Gasteiger partial charge in [-0.2, -0.15) is 11.8 Å². The van der Waals surface area contributed by atoms with E-state index in [2.05, 4.69) is 5.32 Å². The topological polar surface area (TPSA) is 58.6 Å². The first kappa shape index (κ1) is 17.7. The van der Waals surface area contributed by atoms with Gasteiger partial charge in [0.15, 0.2) is 0 Å². The van der Waals surface area contributed by atoms with E-state index in [9.17, 15) is 4.79 Å². The molecule has 0 amide bonds. The highest BCUT2D eigenvalue weighted by atomic mass is 32.2. The molecule has 0 spiro atoms. The molecule has 0 aliphatic carbocycles. The van der Waals surface area contributed by atoms with Crippen LogP contribution < -0.4 is 5.32 Å². The van der Waals surface area contributed by atoms with Gasteiger partial charge >= 0.3 is 5.97 Å². The van der Waals surface area contributed by atoms with E-state index in [1.165, 1.54) is 0 Å². The average molecular weight is 277 g/mol. The van der Waals surface area contributed by atoms with Crippen molar-refractivity contribution in [2.75, 3.05) is 24.7 Å². The van der Waals surface area contributed by atoms with Crippen LogP contribution in [-0.4, -0.2) is 47.4 Å². The molecule has 0 aliphatic rings. The van der Waals surface area contributed by atoms with Crippen LogP contribution in [0.5, 0.6) is 0 Å². The summed E-state index contributed by atoms with van der Waals surface area (Å²) in [6.07, 6.45) is 0. The predicted octanol–water partition coefficient (Wildman–Crippen LogP) is 1.67. The first-order chi connectivity index (χ1) is 8.35. The van der Waals surface area contributed by atoms with E-state index in [0.717, 1.165) is 5.75 Å². The lowest BCUT2D eigenvalue weighted by Gasteiger charge is -2.30. The van der Waals surface area contributed by atoms with Crippen LogP contribution in [0.2, 0.25) is 0 Å². The number of carbonyl (C=O) groups excluding carboxylic acids is 1. The Kier molecular flexibility index (Phi) is 8.65. The molecule has 0 saturated heterocycles. The number of nitrogens with one attached hydrogen (secondary N) is 1. The summed E-state index contributed by atoms with van der Waals surface area (Å²) in [6.45, 7) is 10.3. The maximum Gasteiger partial charge on any atom is 0.326 e. The van der Waals surface area contributed by atoms with Crippen LogP contribution >= 0.6 is 11.8 Å². The zero-order valence-corrected chi connectivity index (χ0v) is 13.0. The van der Waals surface area contributed by atoms with Gasteiger partial charge < -0.3 is 9.84 Å². The predicted molar refractivity (Wildman–Crippen MR) is 76.9 cm³/mol. The highest BCUT2D eigenvalue weighted by molar-refractivity contribution is 7.99. The van der Waals surface area contributed by atoms with E-state index < -0.39 is 5.54 Å². The third-order valence-electron chi connectivity index (χ3n) is 2.44. The second-order valence-corrected chi connectivity index (χ2v) is 6.18. The lowest BCUT2D eigenvalue weighted by molar-refractivity contribution is -0.149. The number of ether oxygens (including phenoxy) is 1. The van der Waals surface area contributed by atoms with Crippen LogP contribution in [0.1, 0.15) is 34.6 Å². The molecular weight excluding hydrogens is 250 g/mol. The minimum absolute atomic E-state index is 0.181. The number of carbonyl (C=O) groups is 1. The lowest BCUT2D eigenvalue weighted by Crippen LogP contribution is -2.55. The summed E-state index contributed by atoms with van der Waals surface area (Å²) >= 11 is 1.67. The smallest absolute Gasteiger partial charge is 0.326 e. The summed E-state index contributed by atoms with van der Waals surface area (Å²) in [4.78, 5) is 12.0. The van der Waals surface area contributed by atoms with Crippen molar-refractivity contribution in [3.63, 3.8) is 0 Å². The molecule has 2 unspecified atom stereocenters. The summed E-state index contributed by atoms with van der Waals surface area (Å²) in [5, 5.41) is 12.3. The fourth-order valence-corrected chi connectivity index (χ4v) is 2.84. The van der Waals surface area contributed by atoms with Gasteiger partial charge in [0.2, 0.25) is 0 Å². The molecule has 0 bridgehead atoms. The van der Waals surface area contributed by atoms with Crippen LogP contribution in [0, 0.1) is 5.92 Å². The fourth-order valence-electron chi connectivity index (χ4n) is 1.60. The molecule has 2 N–H and O–H groups in total. The first-order valence-corrected chi connectivity index (χ1v) is 7.64. The first-order valence-electron chi connectivity index (χ1n) is 6.49. The van der Waals surface area contributed by atoms with Crippen LogP contribution in [0.3, 0.4) is 0 Å². The molecule has 18 heavy (non-hydrogen) atoms. The van der Waals surface area contributed by atoms with Crippen molar-refractivity contribution in [3.05, 3.63) is 0 Å². The number of rotatable bonds is 9. The maximum absolute atomic E-state index is 12.0. The second kappa shape index (κ2) is 8.77. The van der Waals surface area contributed by atoms with E-state index in [-0.39, 0.29) is 24.5 Å². The molecule has 2 atom stereocenters. The Balaban J connectivity index is 4.42. The van der Waals surface area contributed by atoms with Crippen LogP contribution in [0.25, 0.3) is 0 Å². The number of hydrogen-bond acceptors (Lipinski definition) is 5. The fraction of sp³-hybridized carbons (Fsp3) is 0.923. The number of esters is 1. The molecule has 108 valence electrons. The summed E-state index contributed by atoms with van der Waals surface area (Å²) in [5.41, 5.74) is -0.663. The van der Waals surface area contributed by atoms with Crippen molar-refractivity contribution >= 4 is 17.7 Å². The van der Waals surface area contributed by atoms with Crippen molar-refractivity contribution in [1.29, 1.82) is 0 Å². The molecule has 5 heteroatoms. The Morgan fingerprint density at radius 1 is 1.44 bits per heavy atom. The molecule has 4 nitrogen and oxygen atoms in total. The van der Waals surface area contributed by atoms with E-state index >= 15 is 0 Å². The Morgan fingerprint density at radius 3 is 2.50 bits per heavy atom. The van der Waals surface area contributed by atoms with Crippen LogP contribution in [-0.2, 0) is 9.53 Å². The molecule has 0 saturated carbocycles. The number of thioether (sulfide) groups is 1. The van der Waals surface area contributed by atoms with Gasteiger partial charge in [-0.25, -0.2) is 0 Å². The molecule has 0 aromatic heterocycles. The zero-order valence-electron chi connectivity index (χ0n) is 12.2. The second-order valence-electron chi connectivity index (χ2n) is 5.15. The Morgan fingerprint density at radius 2 is 2.06 bits per heavy atom. The Hall–Kier alpha value is -0.260. The van der Waals surface area contributed by atoms with Crippen molar-refractivity contribution in [2.45, 2.75) is 46.2 Å². The average Bonchev–Trinajstić information content (AvgIpc) is 2.28. The molecule has 0 fully saturated rings. The molecule has 0 aromatic rings. The van der Waals surface area contributed by atoms with Gasteiger partial charge in [0.25, 0.3) is 0 Å². The maximum atomic E-state index is 12.0. The molecule has 0 rings (SSSR count). The van der Waals surface area contributed by atoms with Gasteiger partial charge in [-0.3, -0.25) is 10.1 Å². The molecule has 0 aromatic carbocycles. The van der Waals surface area contributed by atoms with Gasteiger partial charge in [-0.1, -0.05) is 6.92 Å². The van der Waals surface area contributed by atoms with Crippen molar-refractivity contribution in [2.24, 2.45) is 5.92 Å². The number of hydrogen-bond donors (Lipinski definition) is 2. The zero-order chi connectivity index (χ0) is 14.2. The quantitative estimate of drug-likeness (QED) is 0.628. The third kappa shape index (κ3) is 6.61. The van der Waals surface area contributed by atoms with Gasteiger partial charge in [0, 0.05) is 18.4 Å². The van der Waals surface area contributed by atoms with Crippen molar-refractivity contribution in [3.8, 4) is 0 Å². The summed E-state index contributed by atoms with van der Waals surface area (Å²) in [6, 6.07) is 0.218. The SMILES string of the molecule is CCOC(=O)C(C)(CSCC(C)CO)NC(C)C. The Labute approximate surface area is 115 Å². The summed E-state index contributed by atoms with van der Waals surface area (Å²) in [7, 11) is 0. The number of aliphatic hydroxyl groups excluding tert-OH is 1. The normalized spacial score (nSPS) is 16.4. The Bertz CT molecular complexity index is 248. The van der Waals surface area contributed by atoms with Crippen LogP contribution in [0.15, 0.2) is 0 Å². The van der Waals surface area contributed by atoms with E-state index in [0.29, 0.717) is 12.4 Å². The molecule has 0 heterocycles. The van der Waals surface area contributed by atoms with E-state index in [4.69, 9.17) is 9.84 Å². The molecule has 0 radical (unpaired) electrons. The molecule has 0 aliphatic heterocycles. The third-order valence-corrected chi connectivity index (χ3v) is 4.02. The standard InChI is InChI=1S/C13H27NO3S/c1-6-17-12(16)13(5,14-10(2)3)9-18-8-11(4)7-15/h10-11,14-15H,6-9H2,1-5H3. The van der Waals surface area contributed by atoms with Gasteiger partial charge in [0.1, 0.15) is 5.54 Å². The van der Waals surface area contributed by atoms with Gasteiger partial charge in [0.05, 0.1) is 6.61 Å². The van der Waals surface area contributed by atoms with E-state index in [1.54, 1.807) is 11.8 Å². The minimum Gasteiger partial charge on any atom is -0.465 e. The minimum atomic E-state index is -0.663. The van der Waals surface area contributed by atoms with Gasteiger partial charge in [-0.15, -0.1) is 0 Å². The summed E-state index contributed by atoms with van der Waals surface area (Å²) in [5.74, 6) is 1.53. The highest BCUT2D eigenvalue weighted by Gasteiger charge is 2.35. The van der Waals surface area contributed by atoms with Gasteiger partial charge in [-0.05, 0) is 39.4 Å². The monoisotopic (exact) mass is 277 g/mol. The van der Waals surface area contributed by atoms with Crippen molar-refractivity contribution < 1.29 is 14.6 Å². The van der Waals surface area contributed by atoms with Crippen LogP contribution in [0.4, 0.5) is 0 Å². The number of aliphatic hydroxyl groups is 1. The lowest BCUT2D eigenvalue weighted by atomic mass is 10.0. The highest BCUT2D eigenvalue weighted by Crippen LogP contribution is 2.18. The largest absolute Gasteiger partial charge is 0.465 e.